The van der Waals surface area contributed by atoms with Crippen LogP contribution in [0.1, 0.15) is 24.1 Å². The summed E-state index contributed by atoms with van der Waals surface area (Å²) in [6.07, 6.45) is 1.75. The highest BCUT2D eigenvalue weighted by Crippen LogP contribution is 2.28. The Morgan fingerprint density at radius 1 is 1.47 bits per heavy atom. The van der Waals surface area contributed by atoms with Gasteiger partial charge in [-0.25, -0.2) is 4.98 Å². The molecule has 0 saturated heterocycles. The maximum atomic E-state index is 9.28. The number of aliphatic hydroxyl groups is 1. The maximum Gasteiger partial charge on any atom is 0.128 e. The van der Waals surface area contributed by atoms with Crippen LogP contribution in [0, 0.1) is 12.8 Å². The SMILES string of the molecule is Cc1cc(CN)cc(N(C)CC2CC(O)C2)n1. The van der Waals surface area contributed by atoms with Gasteiger partial charge in [-0.1, -0.05) is 0 Å². The lowest BCUT2D eigenvalue weighted by molar-refractivity contribution is 0.0464. The average Bonchev–Trinajstić information content (AvgIpc) is 2.26. The molecular weight excluding hydrogens is 214 g/mol. The summed E-state index contributed by atoms with van der Waals surface area (Å²) in [5.41, 5.74) is 7.79. The highest BCUT2D eigenvalue weighted by Gasteiger charge is 2.28. The molecule has 0 aromatic carbocycles. The molecule has 0 atom stereocenters. The number of nitrogens with zero attached hydrogens (tertiary/aromatic N) is 2. The smallest absolute Gasteiger partial charge is 0.128 e. The van der Waals surface area contributed by atoms with Crippen LogP contribution in [-0.2, 0) is 6.54 Å². The molecular formula is C13H21N3O. The predicted molar refractivity (Wildman–Crippen MR) is 68.9 cm³/mol. The molecule has 1 aliphatic carbocycles. The summed E-state index contributed by atoms with van der Waals surface area (Å²) in [5, 5.41) is 9.28. The number of aliphatic hydroxyl groups excluding tert-OH is 1. The third-order valence-corrected chi connectivity index (χ3v) is 3.37. The van der Waals surface area contributed by atoms with Gasteiger partial charge in [-0.3, -0.25) is 0 Å². The summed E-state index contributed by atoms with van der Waals surface area (Å²) >= 11 is 0. The van der Waals surface area contributed by atoms with E-state index < -0.39 is 0 Å². The van der Waals surface area contributed by atoms with Crippen molar-refractivity contribution in [3.8, 4) is 0 Å². The van der Waals surface area contributed by atoms with E-state index in [0.717, 1.165) is 36.5 Å². The highest BCUT2D eigenvalue weighted by molar-refractivity contribution is 5.42. The first-order valence-electron chi connectivity index (χ1n) is 6.15. The summed E-state index contributed by atoms with van der Waals surface area (Å²) in [7, 11) is 2.05. The van der Waals surface area contributed by atoms with E-state index in [0.29, 0.717) is 12.5 Å². The molecule has 1 heterocycles. The molecule has 1 aromatic heterocycles. The highest BCUT2D eigenvalue weighted by atomic mass is 16.3. The third kappa shape index (κ3) is 2.96. The van der Waals surface area contributed by atoms with Crippen LogP contribution < -0.4 is 10.6 Å². The number of pyridine rings is 1. The van der Waals surface area contributed by atoms with Crippen LogP contribution in [0.15, 0.2) is 12.1 Å². The van der Waals surface area contributed by atoms with Crippen molar-refractivity contribution in [1.82, 2.24) is 4.98 Å². The summed E-state index contributed by atoms with van der Waals surface area (Å²) in [6, 6.07) is 4.06. The third-order valence-electron chi connectivity index (χ3n) is 3.37. The number of nitrogens with two attached hydrogens (primary N) is 1. The summed E-state index contributed by atoms with van der Waals surface area (Å²) < 4.78 is 0. The summed E-state index contributed by atoms with van der Waals surface area (Å²) in [6.45, 7) is 3.49. The van der Waals surface area contributed by atoms with E-state index in [-0.39, 0.29) is 6.10 Å². The lowest BCUT2D eigenvalue weighted by atomic mass is 9.82. The van der Waals surface area contributed by atoms with Crippen LogP contribution in [0.4, 0.5) is 5.82 Å². The molecule has 94 valence electrons. The number of aromatic nitrogens is 1. The Labute approximate surface area is 102 Å². The zero-order chi connectivity index (χ0) is 12.4. The van der Waals surface area contributed by atoms with Crippen LogP contribution in [0.5, 0.6) is 0 Å². The number of hydrogen-bond donors (Lipinski definition) is 2. The first-order chi connectivity index (χ1) is 8.08. The van der Waals surface area contributed by atoms with Crippen molar-refractivity contribution in [3.63, 3.8) is 0 Å². The van der Waals surface area contributed by atoms with E-state index in [9.17, 15) is 5.11 Å². The number of aryl methyl sites for hydroxylation is 1. The molecule has 1 fully saturated rings. The first-order valence-corrected chi connectivity index (χ1v) is 6.15. The Kier molecular flexibility index (Phi) is 3.64. The molecule has 0 spiro atoms. The fourth-order valence-electron chi connectivity index (χ4n) is 2.36. The van der Waals surface area contributed by atoms with E-state index in [1.54, 1.807) is 0 Å². The second-order valence-electron chi connectivity index (χ2n) is 5.05. The average molecular weight is 235 g/mol. The van der Waals surface area contributed by atoms with Gasteiger partial charge < -0.3 is 15.7 Å². The van der Waals surface area contributed by atoms with Gasteiger partial charge in [0.2, 0.25) is 0 Å². The monoisotopic (exact) mass is 235 g/mol. The van der Waals surface area contributed by atoms with E-state index in [2.05, 4.69) is 9.88 Å². The van der Waals surface area contributed by atoms with Crippen molar-refractivity contribution in [1.29, 1.82) is 0 Å². The van der Waals surface area contributed by atoms with Crippen molar-refractivity contribution in [2.24, 2.45) is 11.7 Å². The van der Waals surface area contributed by atoms with E-state index in [4.69, 9.17) is 5.73 Å². The molecule has 1 aliphatic rings. The molecule has 0 amide bonds. The normalized spacial score (nSPS) is 23.3. The topological polar surface area (TPSA) is 62.4 Å². The predicted octanol–water partition coefficient (Wildman–Crippen LogP) is 1.06. The van der Waals surface area contributed by atoms with Gasteiger partial charge in [-0.05, 0) is 43.4 Å². The molecule has 2 rings (SSSR count). The molecule has 4 nitrogen and oxygen atoms in total. The zero-order valence-corrected chi connectivity index (χ0v) is 10.6. The minimum absolute atomic E-state index is 0.0847. The van der Waals surface area contributed by atoms with Crippen LogP contribution in [-0.4, -0.2) is 29.8 Å². The van der Waals surface area contributed by atoms with E-state index in [1.807, 2.05) is 26.1 Å². The molecule has 17 heavy (non-hydrogen) atoms. The molecule has 1 aromatic rings. The number of anilines is 1. The zero-order valence-electron chi connectivity index (χ0n) is 10.6. The molecule has 3 N–H and O–H groups in total. The van der Waals surface area contributed by atoms with Crippen molar-refractivity contribution in [2.75, 3.05) is 18.5 Å². The molecule has 0 radical (unpaired) electrons. The van der Waals surface area contributed by atoms with Crippen molar-refractivity contribution >= 4 is 5.82 Å². The van der Waals surface area contributed by atoms with Gasteiger partial charge in [-0.2, -0.15) is 0 Å². The van der Waals surface area contributed by atoms with Crippen LogP contribution in [0.2, 0.25) is 0 Å². The minimum Gasteiger partial charge on any atom is -0.393 e. The van der Waals surface area contributed by atoms with Crippen LogP contribution in [0.25, 0.3) is 0 Å². The maximum absolute atomic E-state index is 9.28. The van der Waals surface area contributed by atoms with Crippen LogP contribution in [0.3, 0.4) is 0 Å². The number of rotatable bonds is 4. The van der Waals surface area contributed by atoms with Gasteiger partial charge in [-0.15, -0.1) is 0 Å². The summed E-state index contributed by atoms with van der Waals surface area (Å²) in [5.74, 6) is 1.57. The van der Waals surface area contributed by atoms with Gasteiger partial charge >= 0.3 is 0 Å². The van der Waals surface area contributed by atoms with Crippen LogP contribution >= 0.6 is 0 Å². The second kappa shape index (κ2) is 5.02. The molecule has 0 aliphatic heterocycles. The van der Waals surface area contributed by atoms with Gasteiger partial charge in [0.25, 0.3) is 0 Å². The Balaban J connectivity index is 2.02. The fraction of sp³-hybridized carbons (Fsp3) is 0.615. The van der Waals surface area contributed by atoms with E-state index >= 15 is 0 Å². The minimum atomic E-state index is -0.0847. The van der Waals surface area contributed by atoms with Gasteiger partial charge in [0.1, 0.15) is 5.82 Å². The molecule has 0 unspecified atom stereocenters. The first kappa shape index (κ1) is 12.3. The Bertz CT molecular complexity index is 388. The van der Waals surface area contributed by atoms with Gasteiger partial charge in [0.05, 0.1) is 6.10 Å². The Hall–Kier alpha value is -1.13. The number of hydrogen-bond acceptors (Lipinski definition) is 4. The lowest BCUT2D eigenvalue weighted by Gasteiger charge is -2.35. The summed E-state index contributed by atoms with van der Waals surface area (Å²) in [4.78, 5) is 6.68. The Morgan fingerprint density at radius 3 is 2.76 bits per heavy atom. The lowest BCUT2D eigenvalue weighted by Crippen LogP contribution is -2.37. The van der Waals surface area contributed by atoms with Crippen molar-refractivity contribution < 1.29 is 5.11 Å². The molecule has 1 saturated carbocycles. The standard InChI is InChI=1S/C13H21N3O/c1-9-3-10(7-14)6-13(15-9)16(2)8-11-4-12(17)5-11/h3,6,11-12,17H,4-5,7-8,14H2,1-2H3. The second-order valence-corrected chi connectivity index (χ2v) is 5.05. The van der Waals surface area contributed by atoms with Crippen molar-refractivity contribution in [3.05, 3.63) is 23.4 Å². The van der Waals surface area contributed by atoms with Gasteiger partial charge in [0, 0.05) is 25.8 Å². The van der Waals surface area contributed by atoms with E-state index in [1.165, 1.54) is 0 Å². The molecule has 0 bridgehead atoms. The van der Waals surface area contributed by atoms with Gasteiger partial charge in [0.15, 0.2) is 0 Å². The Morgan fingerprint density at radius 2 is 2.18 bits per heavy atom. The molecule has 4 heteroatoms. The quantitative estimate of drug-likeness (QED) is 0.819. The largest absolute Gasteiger partial charge is 0.393 e. The van der Waals surface area contributed by atoms with Crippen molar-refractivity contribution in [2.45, 2.75) is 32.4 Å². The fourth-order valence-corrected chi connectivity index (χ4v) is 2.36.